The molecule has 6 heterocycles. The number of hydrogen-bond donors (Lipinski definition) is 4. The van der Waals surface area contributed by atoms with Crippen molar-refractivity contribution in [2.45, 2.75) is 122 Å². The fourth-order valence-electron chi connectivity index (χ4n) is 9.92. The molecule has 0 bridgehead atoms. The number of carboxylic acid groups (broad SMARTS) is 1. The van der Waals surface area contributed by atoms with Crippen molar-refractivity contribution in [1.29, 1.82) is 0 Å². The lowest BCUT2D eigenvalue weighted by atomic mass is 10.0. The van der Waals surface area contributed by atoms with Crippen LogP contribution in [0.25, 0.3) is 45.0 Å². The zero-order valence-corrected chi connectivity index (χ0v) is 39.4. The number of aliphatic hydroxyl groups excluding tert-OH is 1. The number of pyridine rings is 2. The highest BCUT2D eigenvalue weighted by molar-refractivity contribution is 5.80. The van der Waals surface area contributed by atoms with Crippen LogP contribution in [0.15, 0.2) is 107 Å². The van der Waals surface area contributed by atoms with Crippen molar-refractivity contribution in [3.8, 4) is 45.0 Å². The van der Waals surface area contributed by atoms with Gasteiger partial charge in [-0.25, -0.2) is 9.59 Å². The number of rotatable bonds is 17. The summed E-state index contributed by atoms with van der Waals surface area (Å²) < 4.78 is 6.97. The number of H-pyrrole nitrogens is 2. The Morgan fingerprint density at radius 1 is 0.629 bits per heavy atom. The van der Waals surface area contributed by atoms with Crippen molar-refractivity contribution < 1.29 is 15.0 Å². The van der Waals surface area contributed by atoms with Crippen LogP contribution in [-0.4, -0.2) is 91.8 Å². The number of carbonyl (C=O) groups is 1. The number of aliphatic carboxylic acids is 1. The maximum Gasteiger partial charge on any atom is 0.329 e. The van der Waals surface area contributed by atoms with Crippen LogP contribution < -0.4 is 11.4 Å². The summed E-state index contributed by atoms with van der Waals surface area (Å²) in [6.07, 6.45) is 17.3. The Morgan fingerprint density at radius 3 is 1.51 bits per heavy atom. The van der Waals surface area contributed by atoms with Gasteiger partial charge in [0.15, 0.2) is 0 Å². The summed E-state index contributed by atoms with van der Waals surface area (Å²) in [6, 6.07) is 23.1. The lowest BCUT2D eigenvalue weighted by molar-refractivity contribution is -0.142. The first-order valence-corrected chi connectivity index (χ1v) is 24.3. The van der Waals surface area contributed by atoms with Gasteiger partial charge in [-0.3, -0.25) is 33.0 Å². The molecule has 2 fully saturated rings. The van der Waals surface area contributed by atoms with E-state index in [9.17, 15) is 24.6 Å². The van der Waals surface area contributed by atoms with Gasteiger partial charge in [0.05, 0.1) is 48.6 Å². The molecule has 0 amide bonds. The summed E-state index contributed by atoms with van der Waals surface area (Å²) in [4.78, 5) is 47.9. The van der Waals surface area contributed by atoms with E-state index in [0.717, 1.165) is 120 Å². The molecular formula is C51H58N14O5. The van der Waals surface area contributed by atoms with Crippen LogP contribution in [0.3, 0.4) is 0 Å². The second-order valence-corrected chi connectivity index (χ2v) is 18.1. The number of aliphatic hydroxyl groups is 1. The average Bonchev–Trinajstić information content (AvgIpc) is 4.27. The van der Waals surface area contributed by atoms with E-state index >= 15 is 0 Å². The highest BCUT2D eigenvalue weighted by Crippen LogP contribution is 2.36. The Hall–Kier alpha value is -7.67. The third-order valence-corrected chi connectivity index (χ3v) is 13.6. The molecule has 2 aromatic carbocycles. The third-order valence-electron chi connectivity index (χ3n) is 13.6. The van der Waals surface area contributed by atoms with Gasteiger partial charge in [-0.2, -0.15) is 10.4 Å². The number of hydrogen-bond acceptors (Lipinski definition) is 12. The average molecular weight is 947 g/mol. The maximum absolute atomic E-state index is 13.5. The molecule has 10 rings (SSSR count). The zero-order chi connectivity index (χ0) is 48.6. The Labute approximate surface area is 403 Å². The first kappa shape index (κ1) is 47.4. The number of nitrogens with zero attached hydrogens (tertiary/aromatic N) is 12. The monoisotopic (exact) mass is 946 g/mol. The lowest BCUT2D eigenvalue weighted by Crippen LogP contribution is -2.32. The number of aromatic amines is 2. The van der Waals surface area contributed by atoms with Crippen molar-refractivity contribution >= 4 is 5.97 Å². The predicted molar refractivity (Wildman–Crippen MR) is 261 cm³/mol. The van der Waals surface area contributed by atoms with Crippen LogP contribution in [0.2, 0.25) is 0 Å². The molecule has 8 aromatic rings. The van der Waals surface area contributed by atoms with E-state index in [2.05, 4.69) is 65.1 Å². The molecule has 0 saturated heterocycles. The largest absolute Gasteiger partial charge is 0.481 e. The fraction of sp³-hybridized carbons (Fsp3) is 0.392. The lowest BCUT2D eigenvalue weighted by Gasteiger charge is -2.16. The number of nitrogens with one attached hydrogen (secondary N) is 2. The van der Waals surface area contributed by atoms with E-state index in [-0.39, 0.29) is 23.5 Å². The van der Waals surface area contributed by atoms with Crippen molar-refractivity contribution in [2.24, 2.45) is 5.92 Å². The van der Waals surface area contributed by atoms with Crippen molar-refractivity contribution in [2.75, 3.05) is 0 Å². The quantitative estimate of drug-likeness (QED) is 0.0714. The molecule has 2 saturated carbocycles. The van der Waals surface area contributed by atoms with E-state index in [1.807, 2.05) is 96.0 Å². The SMILES string of the molecule is CCCCc1cn(C2CCCC2C(=O)O)c(=O)n1Cc1ccc(-c2ccccc2-c2nn[nH]n2)cn1.CCCCc1cn(C2CCCC2O)c(=O)n1Cc1ccc(-c2ccccc2-c2nn[nH]n2)cn1. The van der Waals surface area contributed by atoms with Gasteiger partial charge in [0.1, 0.15) is 0 Å². The number of imidazole rings is 2. The minimum atomic E-state index is -0.828. The molecule has 6 aromatic heterocycles. The summed E-state index contributed by atoms with van der Waals surface area (Å²) in [6.45, 7) is 5.00. The van der Waals surface area contributed by atoms with Gasteiger partial charge >= 0.3 is 17.3 Å². The Morgan fingerprint density at radius 2 is 1.10 bits per heavy atom. The third kappa shape index (κ3) is 10.2. The fourth-order valence-corrected chi connectivity index (χ4v) is 9.92. The molecule has 362 valence electrons. The number of aryl methyl sites for hydroxylation is 2. The van der Waals surface area contributed by atoms with E-state index in [1.165, 1.54) is 0 Å². The summed E-state index contributed by atoms with van der Waals surface area (Å²) in [5.74, 6) is -0.308. The molecule has 19 nitrogen and oxygen atoms in total. The second-order valence-electron chi connectivity index (χ2n) is 18.1. The molecule has 70 heavy (non-hydrogen) atoms. The van der Waals surface area contributed by atoms with Gasteiger partial charge in [-0.1, -0.05) is 93.8 Å². The number of benzene rings is 2. The maximum atomic E-state index is 13.5. The Balaban J connectivity index is 0.000000174. The van der Waals surface area contributed by atoms with Gasteiger partial charge in [0, 0.05) is 58.4 Å². The summed E-state index contributed by atoms with van der Waals surface area (Å²) in [5.41, 5.74) is 8.73. The topological polar surface area (TPSA) is 246 Å². The second kappa shape index (κ2) is 21.7. The van der Waals surface area contributed by atoms with Crippen LogP contribution in [0.5, 0.6) is 0 Å². The van der Waals surface area contributed by atoms with Crippen molar-refractivity contribution in [3.05, 3.63) is 141 Å². The van der Waals surface area contributed by atoms with Gasteiger partial charge in [-0.15, -0.1) is 20.4 Å². The van der Waals surface area contributed by atoms with Crippen molar-refractivity contribution in [3.63, 3.8) is 0 Å². The molecule has 4 unspecified atom stereocenters. The van der Waals surface area contributed by atoms with Crippen LogP contribution in [-0.2, 0) is 30.7 Å². The van der Waals surface area contributed by atoms with E-state index in [0.29, 0.717) is 37.6 Å². The molecule has 0 aliphatic heterocycles. The highest BCUT2D eigenvalue weighted by atomic mass is 16.4. The zero-order valence-electron chi connectivity index (χ0n) is 39.4. The summed E-state index contributed by atoms with van der Waals surface area (Å²) in [7, 11) is 0. The molecular weight excluding hydrogens is 889 g/mol. The molecule has 0 spiro atoms. The summed E-state index contributed by atoms with van der Waals surface area (Å²) >= 11 is 0. The van der Waals surface area contributed by atoms with Crippen LogP contribution in [0.4, 0.5) is 0 Å². The van der Waals surface area contributed by atoms with Crippen LogP contribution >= 0.6 is 0 Å². The minimum Gasteiger partial charge on any atom is -0.481 e. The van der Waals surface area contributed by atoms with E-state index < -0.39 is 18.0 Å². The van der Waals surface area contributed by atoms with Crippen LogP contribution in [0, 0.1) is 5.92 Å². The van der Waals surface area contributed by atoms with Gasteiger partial charge < -0.3 is 10.2 Å². The molecule has 4 atom stereocenters. The molecule has 19 heteroatoms. The minimum absolute atomic E-state index is 0.0645. The molecule has 2 aliphatic rings. The molecule has 4 N–H and O–H groups in total. The smallest absolute Gasteiger partial charge is 0.329 e. The van der Waals surface area contributed by atoms with Gasteiger partial charge in [-0.05, 0) is 91.5 Å². The van der Waals surface area contributed by atoms with Gasteiger partial charge in [0.25, 0.3) is 0 Å². The Bertz CT molecular complexity index is 3100. The normalized spacial score (nSPS) is 17.7. The number of carboxylic acids is 1. The Kier molecular flexibility index (Phi) is 14.7. The standard InChI is InChI=1S/C26H29N7O3.C25H29N7O2/c1-2-3-7-19-16-33(23-11-6-10-22(23)25(34)35)26(36)32(19)15-18-13-12-17(14-27-18)20-8-4-5-9-21(20)24-28-30-31-29-24;1-2-3-7-19-16-32(22-10-6-11-23(22)33)25(34)31(19)15-18-13-12-17(14-26-18)20-8-4-5-9-21(20)24-27-29-30-28-24/h4-5,8-9,12-14,16,22-23H,2-3,6-7,10-11,15H2,1H3,(H,34,35)(H,28,29,30,31);4-5,8-9,12-14,16,22-23,33H,2-3,6-7,10-11,15H2,1H3,(H,27,28,29,30). The van der Waals surface area contributed by atoms with Gasteiger partial charge in [0.2, 0.25) is 11.6 Å². The molecule has 0 radical (unpaired) electrons. The van der Waals surface area contributed by atoms with E-state index in [1.54, 1.807) is 19.9 Å². The van der Waals surface area contributed by atoms with Crippen molar-refractivity contribution in [1.82, 2.24) is 69.5 Å². The molecule has 2 aliphatic carbocycles. The number of tetrazole rings is 2. The number of aromatic nitrogens is 14. The summed E-state index contributed by atoms with van der Waals surface area (Å²) in [5, 5.41) is 48.7. The first-order chi connectivity index (χ1) is 34.2. The predicted octanol–water partition coefficient (Wildman–Crippen LogP) is 7.08. The first-order valence-electron chi connectivity index (χ1n) is 24.3. The van der Waals surface area contributed by atoms with Crippen LogP contribution in [0.1, 0.15) is 113 Å². The highest BCUT2D eigenvalue weighted by Gasteiger charge is 2.36. The number of unbranched alkanes of at least 4 members (excludes halogenated alkanes) is 2. The van der Waals surface area contributed by atoms with E-state index in [4.69, 9.17) is 0 Å².